The number of benzene rings is 3. The molecule has 3 rings (SSSR count). The van der Waals surface area contributed by atoms with Gasteiger partial charge in [0, 0.05) is 21.8 Å². The van der Waals surface area contributed by atoms with Crippen molar-refractivity contribution in [3.63, 3.8) is 0 Å². The highest BCUT2D eigenvalue weighted by atomic mass is 32.2. The van der Waals surface area contributed by atoms with Gasteiger partial charge in [-0.15, -0.1) is 11.8 Å². The highest BCUT2D eigenvalue weighted by molar-refractivity contribution is 8.00. The van der Waals surface area contributed by atoms with Crippen LogP contribution in [0.15, 0.2) is 71.6 Å². The van der Waals surface area contributed by atoms with Crippen molar-refractivity contribution in [3.05, 3.63) is 77.9 Å². The van der Waals surface area contributed by atoms with E-state index in [0.717, 1.165) is 4.90 Å². The minimum atomic E-state index is -1.29. The standard InChI is InChI=1S/C23H20N2O6S/c1-31-17-4-2-3-14(11-17)22(28)25-15-5-8-18(9-6-15)32-13-21(27)24-16-7-10-20(26)19(12-16)23(29)30/h2-12,26H,13H2,1H3,(H,24,27)(H,25,28)(H,29,30). The minimum Gasteiger partial charge on any atom is -0.507 e. The number of aromatic carboxylic acids is 1. The van der Waals surface area contributed by atoms with Crippen molar-refractivity contribution in [3.8, 4) is 11.5 Å². The number of carbonyl (C=O) groups excluding carboxylic acids is 2. The molecule has 0 saturated heterocycles. The van der Waals surface area contributed by atoms with Crippen LogP contribution in [-0.2, 0) is 4.79 Å². The van der Waals surface area contributed by atoms with E-state index in [4.69, 9.17) is 9.84 Å². The summed E-state index contributed by atoms with van der Waals surface area (Å²) in [5, 5.41) is 24.0. The van der Waals surface area contributed by atoms with E-state index in [-0.39, 0.29) is 34.6 Å². The minimum absolute atomic E-state index is 0.0960. The molecule has 0 spiro atoms. The molecule has 0 fully saturated rings. The molecule has 0 saturated carbocycles. The molecule has 8 nitrogen and oxygen atoms in total. The third kappa shape index (κ3) is 6.02. The normalized spacial score (nSPS) is 10.3. The van der Waals surface area contributed by atoms with Crippen LogP contribution in [-0.4, -0.2) is 40.9 Å². The molecule has 0 radical (unpaired) electrons. The SMILES string of the molecule is COc1cccc(C(=O)Nc2ccc(SCC(=O)Nc3ccc(O)c(C(=O)O)c3)cc2)c1. The first-order valence-electron chi connectivity index (χ1n) is 9.40. The van der Waals surface area contributed by atoms with E-state index >= 15 is 0 Å². The Hall–Kier alpha value is -3.98. The van der Waals surface area contributed by atoms with Gasteiger partial charge in [0.05, 0.1) is 12.9 Å². The van der Waals surface area contributed by atoms with Gasteiger partial charge >= 0.3 is 5.97 Å². The number of rotatable bonds is 8. The molecule has 4 N–H and O–H groups in total. The summed E-state index contributed by atoms with van der Waals surface area (Å²) in [4.78, 5) is 36.4. The molecular weight excluding hydrogens is 432 g/mol. The van der Waals surface area contributed by atoms with Crippen LogP contribution in [0.2, 0.25) is 0 Å². The Morgan fingerprint density at radius 3 is 2.34 bits per heavy atom. The number of hydrogen-bond donors (Lipinski definition) is 4. The van der Waals surface area contributed by atoms with Crippen molar-refractivity contribution in [2.75, 3.05) is 23.5 Å². The average Bonchev–Trinajstić information content (AvgIpc) is 2.79. The quantitative estimate of drug-likeness (QED) is 0.300. The first-order chi connectivity index (χ1) is 15.4. The van der Waals surface area contributed by atoms with Crippen LogP contribution < -0.4 is 15.4 Å². The Labute approximate surface area is 188 Å². The molecule has 0 unspecified atom stereocenters. The maximum absolute atomic E-state index is 12.4. The lowest BCUT2D eigenvalue weighted by atomic mass is 10.2. The summed E-state index contributed by atoms with van der Waals surface area (Å²) < 4.78 is 5.12. The van der Waals surface area contributed by atoms with Crippen LogP contribution in [0, 0.1) is 0 Å². The fourth-order valence-corrected chi connectivity index (χ4v) is 3.43. The zero-order valence-corrected chi connectivity index (χ0v) is 17.8. The number of carboxylic acid groups (broad SMARTS) is 1. The Balaban J connectivity index is 1.53. The number of ether oxygens (including phenoxy) is 1. The topological polar surface area (TPSA) is 125 Å². The number of aromatic hydroxyl groups is 1. The monoisotopic (exact) mass is 452 g/mol. The van der Waals surface area contributed by atoms with Gasteiger partial charge in [-0.2, -0.15) is 0 Å². The lowest BCUT2D eigenvalue weighted by Gasteiger charge is -2.09. The summed E-state index contributed by atoms with van der Waals surface area (Å²) in [6.07, 6.45) is 0. The zero-order valence-electron chi connectivity index (χ0n) is 17.0. The summed E-state index contributed by atoms with van der Waals surface area (Å²) >= 11 is 1.28. The van der Waals surface area contributed by atoms with E-state index in [1.165, 1.54) is 37.1 Å². The Morgan fingerprint density at radius 2 is 1.66 bits per heavy atom. The average molecular weight is 452 g/mol. The van der Waals surface area contributed by atoms with Gasteiger partial charge in [-0.3, -0.25) is 9.59 Å². The van der Waals surface area contributed by atoms with E-state index in [1.54, 1.807) is 48.5 Å². The summed E-state index contributed by atoms with van der Waals surface area (Å²) in [6, 6.07) is 17.7. The lowest BCUT2D eigenvalue weighted by molar-refractivity contribution is -0.113. The molecule has 0 atom stereocenters. The molecule has 0 aliphatic carbocycles. The van der Waals surface area contributed by atoms with Crippen LogP contribution in [0.1, 0.15) is 20.7 Å². The van der Waals surface area contributed by atoms with Gasteiger partial charge in [-0.05, 0) is 60.7 Å². The second-order valence-electron chi connectivity index (χ2n) is 6.58. The number of carboxylic acids is 1. The second kappa shape index (κ2) is 10.4. The van der Waals surface area contributed by atoms with E-state index in [0.29, 0.717) is 17.0 Å². The smallest absolute Gasteiger partial charge is 0.339 e. The maximum atomic E-state index is 12.4. The van der Waals surface area contributed by atoms with Gasteiger partial charge < -0.3 is 25.6 Å². The summed E-state index contributed by atoms with van der Waals surface area (Å²) in [6.45, 7) is 0. The predicted molar refractivity (Wildman–Crippen MR) is 122 cm³/mol. The molecule has 3 aromatic carbocycles. The van der Waals surface area contributed by atoms with Crippen LogP contribution >= 0.6 is 11.8 Å². The van der Waals surface area contributed by atoms with E-state index in [1.807, 2.05) is 0 Å². The number of phenols is 1. The van der Waals surface area contributed by atoms with Crippen LogP contribution in [0.4, 0.5) is 11.4 Å². The number of hydrogen-bond acceptors (Lipinski definition) is 6. The number of amides is 2. The zero-order chi connectivity index (χ0) is 23.1. The van der Waals surface area contributed by atoms with Gasteiger partial charge in [0.2, 0.25) is 5.91 Å². The third-order valence-electron chi connectivity index (χ3n) is 4.32. The molecule has 0 aromatic heterocycles. The molecule has 0 heterocycles. The molecule has 0 aliphatic rings. The molecular formula is C23H20N2O6S. The van der Waals surface area contributed by atoms with E-state index in [9.17, 15) is 19.5 Å². The molecule has 2 amide bonds. The molecule has 0 bridgehead atoms. The summed E-state index contributed by atoms with van der Waals surface area (Å²) in [7, 11) is 1.53. The van der Waals surface area contributed by atoms with Crippen molar-refractivity contribution in [2.45, 2.75) is 4.90 Å². The molecule has 0 aliphatic heterocycles. The Kier molecular flexibility index (Phi) is 7.35. The Bertz CT molecular complexity index is 1150. The Morgan fingerprint density at radius 1 is 0.938 bits per heavy atom. The van der Waals surface area contributed by atoms with Crippen molar-refractivity contribution in [1.82, 2.24) is 0 Å². The number of carbonyl (C=O) groups is 3. The molecule has 3 aromatic rings. The van der Waals surface area contributed by atoms with Crippen LogP contribution in [0.3, 0.4) is 0 Å². The fourth-order valence-electron chi connectivity index (χ4n) is 2.73. The van der Waals surface area contributed by atoms with Gasteiger partial charge in [0.15, 0.2) is 0 Å². The highest BCUT2D eigenvalue weighted by Crippen LogP contribution is 2.24. The molecule has 164 valence electrons. The summed E-state index contributed by atoms with van der Waals surface area (Å²) in [5.74, 6) is -1.56. The van der Waals surface area contributed by atoms with Crippen LogP contribution in [0.25, 0.3) is 0 Å². The highest BCUT2D eigenvalue weighted by Gasteiger charge is 2.12. The van der Waals surface area contributed by atoms with Gasteiger partial charge in [0.25, 0.3) is 5.91 Å². The van der Waals surface area contributed by atoms with Gasteiger partial charge in [-0.1, -0.05) is 6.07 Å². The number of anilines is 2. The van der Waals surface area contributed by atoms with Gasteiger partial charge in [0.1, 0.15) is 17.1 Å². The molecule has 32 heavy (non-hydrogen) atoms. The number of methoxy groups -OCH3 is 1. The van der Waals surface area contributed by atoms with Gasteiger partial charge in [-0.25, -0.2) is 4.79 Å². The largest absolute Gasteiger partial charge is 0.507 e. The maximum Gasteiger partial charge on any atom is 0.339 e. The number of nitrogens with one attached hydrogen (secondary N) is 2. The lowest BCUT2D eigenvalue weighted by Crippen LogP contribution is -2.14. The first-order valence-corrected chi connectivity index (χ1v) is 10.4. The van der Waals surface area contributed by atoms with Crippen molar-refractivity contribution in [2.24, 2.45) is 0 Å². The van der Waals surface area contributed by atoms with Crippen molar-refractivity contribution >= 4 is 40.9 Å². The predicted octanol–water partition coefficient (Wildman–Crippen LogP) is 4.08. The van der Waals surface area contributed by atoms with E-state index in [2.05, 4.69) is 10.6 Å². The first kappa shape index (κ1) is 22.7. The van der Waals surface area contributed by atoms with Crippen LogP contribution in [0.5, 0.6) is 11.5 Å². The van der Waals surface area contributed by atoms with E-state index < -0.39 is 5.97 Å². The molecule has 9 heteroatoms. The fraction of sp³-hybridized carbons (Fsp3) is 0.0870. The number of thioether (sulfide) groups is 1. The van der Waals surface area contributed by atoms with Crippen molar-refractivity contribution in [1.29, 1.82) is 0 Å². The van der Waals surface area contributed by atoms with Crippen molar-refractivity contribution < 1.29 is 29.3 Å². The second-order valence-corrected chi connectivity index (χ2v) is 7.63. The summed E-state index contributed by atoms with van der Waals surface area (Å²) in [5.41, 5.74) is 1.07. The third-order valence-corrected chi connectivity index (χ3v) is 5.34.